The minimum absolute atomic E-state index is 0.374. The van der Waals surface area contributed by atoms with Gasteiger partial charge in [0.25, 0.3) is 0 Å². The molecule has 0 saturated carbocycles. The van der Waals surface area contributed by atoms with Crippen molar-refractivity contribution < 1.29 is 23.7 Å². The van der Waals surface area contributed by atoms with Crippen LogP contribution in [-0.2, 0) is 4.74 Å². The van der Waals surface area contributed by atoms with E-state index in [9.17, 15) is 4.79 Å². The molecule has 0 saturated heterocycles. The molecule has 1 heterocycles. The number of ether oxygens (including phenoxy) is 4. The molecule has 2 aromatic carbocycles. The third-order valence-corrected chi connectivity index (χ3v) is 4.56. The van der Waals surface area contributed by atoms with Crippen LogP contribution >= 0.6 is 0 Å². The van der Waals surface area contributed by atoms with Gasteiger partial charge in [0, 0.05) is 22.6 Å². The monoisotopic (exact) mass is 357 g/mol. The van der Waals surface area contributed by atoms with Crippen LogP contribution in [-0.4, -0.2) is 26.9 Å². The van der Waals surface area contributed by atoms with Crippen LogP contribution in [0.5, 0.6) is 17.2 Å². The number of amides is 1. The summed E-state index contributed by atoms with van der Waals surface area (Å²) in [5.74, 6) is 2.09. The molecule has 0 fully saturated rings. The summed E-state index contributed by atoms with van der Waals surface area (Å²) in [4.78, 5) is 11.3. The van der Waals surface area contributed by atoms with Crippen LogP contribution in [0.15, 0.2) is 36.4 Å². The number of nitrogens with two attached hydrogens (primary N) is 1. The number of hydrogen-bond acceptors (Lipinski definition) is 5. The molecule has 3 rings (SSSR count). The summed E-state index contributed by atoms with van der Waals surface area (Å²) >= 11 is 0. The Kier molecular flexibility index (Phi) is 4.68. The van der Waals surface area contributed by atoms with E-state index in [1.807, 2.05) is 50.2 Å². The molecule has 26 heavy (non-hydrogen) atoms. The molecule has 1 aliphatic heterocycles. The summed E-state index contributed by atoms with van der Waals surface area (Å²) in [6.07, 6.45) is -1.26. The smallest absolute Gasteiger partial charge is 0.405 e. The number of fused-ring (bicyclic) bond motifs is 1. The molecule has 0 aromatic heterocycles. The predicted octanol–water partition coefficient (Wildman–Crippen LogP) is 3.93. The van der Waals surface area contributed by atoms with Crippen molar-refractivity contribution in [3.63, 3.8) is 0 Å². The van der Waals surface area contributed by atoms with Gasteiger partial charge in [0.1, 0.15) is 23.4 Å². The van der Waals surface area contributed by atoms with Crippen molar-refractivity contribution in [2.24, 2.45) is 11.1 Å². The molecule has 1 aliphatic rings. The number of rotatable bonds is 4. The quantitative estimate of drug-likeness (QED) is 0.897. The molecule has 2 aromatic rings. The Balaban J connectivity index is 2.03. The Labute approximate surface area is 152 Å². The topological polar surface area (TPSA) is 80.0 Å². The molecular weight excluding hydrogens is 334 g/mol. The maximum absolute atomic E-state index is 11.3. The zero-order valence-corrected chi connectivity index (χ0v) is 15.4. The molecule has 1 atom stereocenters. The van der Waals surface area contributed by atoms with Crippen LogP contribution < -0.4 is 19.9 Å². The van der Waals surface area contributed by atoms with Gasteiger partial charge >= 0.3 is 6.09 Å². The van der Waals surface area contributed by atoms with Gasteiger partial charge in [0.05, 0.1) is 20.8 Å². The number of benzene rings is 2. The van der Waals surface area contributed by atoms with Gasteiger partial charge in [-0.15, -0.1) is 0 Å². The fourth-order valence-corrected chi connectivity index (χ4v) is 3.18. The van der Waals surface area contributed by atoms with Crippen LogP contribution in [0.1, 0.15) is 25.5 Å². The van der Waals surface area contributed by atoms with Crippen LogP contribution in [0, 0.1) is 5.41 Å². The first-order valence-corrected chi connectivity index (χ1v) is 8.31. The molecule has 0 spiro atoms. The van der Waals surface area contributed by atoms with Gasteiger partial charge in [0.15, 0.2) is 0 Å². The van der Waals surface area contributed by atoms with Crippen molar-refractivity contribution in [3.8, 4) is 28.4 Å². The van der Waals surface area contributed by atoms with Crippen LogP contribution in [0.3, 0.4) is 0 Å². The molecule has 1 amide bonds. The molecule has 1 unspecified atom stereocenters. The fraction of sp³-hybridized carbons (Fsp3) is 0.350. The molecule has 6 heteroatoms. The summed E-state index contributed by atoms with van der Waals surface area (Å²) in [5.41, 5.74) is 7.53. The standard InChI is InChI=1S/C20H23NO5/c1-20(2)11-25-17-9-12(5-7-15(17)18(20)26-19(21)22)14-8-6-13(23-3)10-16(14)24-4/h5-10,18H,11H2,1-4H3,(H2,21,22). The van der Waals surface area contributed by atoms with Crippen molar-refractivity contribution in [1.82, 2.24) is 0 Å². The first-order valence-electron chi connectivity index (χ1n) is 8.31. The van der Waals surface area contributed by atoms with E-state index in [-0.39, 0.29) is 5.41 Å². The van der Waals surface area contributed by atoms with Gasteiger partial charge in [-0.2, -0.15) is 0 Å². The first-order chi connectivity index (χ1) is 12.4. The van der Waals surface area contributed by atoms with E-state index < -0.39 is 12.2 Å². The van der Waals surface area contributed by atoms with E-state index in [0.29, 0.717) is 18.1 Å². The number of carbonyl (C=O) groups excluding carboxylic acids is 1. The Morgan fingerprint density at radius 2 is 1.92 bits per heavy atom. The minimum atomic E-state index is -0.795. The maximum atomic E-state index is 11.3. The Hall–Kier alpha value is -2.89. The molecule has 6 nitrogen and oxygen atoms in total. The fourth-order valence-electron chi connectivity index (χ4n) is 3.18. The Morgan fingerprint density at radius 3 is 2.58 bits per heavy atom. The second kappa shape index (κ2) is 6.78. The van der Waals surface area contributed by atoms with Gasteiger partial charge in [-0.1, -0.05) is 26.0 Å². The van der Waals surface area contributed by atoms with Crippen molar-refractivity contribution >= 4 is 6.09 Å². The highest BCUT2D eigenvalue weighted by atomic mass is 16.6. The number of methoxy groups -OCH3 is 2. The van der Waals surface area contributed by atoms with E-state index in [1.165, 1.54) is 0 Å². The third-order valence-electron chi connectivity index (χ3n) is 4.56. The van der Waals surface area contributed by atoms with Crippen LogP contribution in [0.2, 0.25) is 0 Å². The lowest BCUT2D eigenvalue weighted by Crippen LogP contribution is -2.37. The van der Waals surface area contributed by atoms with Gasteiger partial charge in [-0.25, -0.2) is 4.79 Å². The second-order valence-corrected chi connectivity index (χ2v) is 6.91. The Bertz CT molecular complexity index is 831. The lowest BCUT2D eigenvalue weighted by atomic mass is 9.80. The average Bonchev–Trinajstić information content (AvgIpc) is 2.63. The summed E-state index contributed by atoms with van der Waals surface area (Å²) < 4.78 is 22.0. The van der Waals surface area contributed by atoms with Crippen molar-refractivity contribution in [3.05, 3.63) is 42.0 Å². The van der Waals surface area contributed by atoms with Gasteiger partial charge < -0.3 is 24.7 Å². The first kappa shape index (κ1) is 17.9. The molecule has 0 radical (unpaired) electrons. The average molecular weight is 357 g/mol. The van der Waals surface area contributed by atoms with E-state index in [1.54, 1.807) is 14.2 Å². The lowest BCUT2D eigenvalue weighted by Gasteiger charge is -2.38. The summed E-state index contributed by atoms with van der Waals surface area (Å²) in [7, 11) is 3.23. The highest BCUT2D eigenvalue weighted by Crippen LogP contribution is 2.47. The van der Waals surface area contributed by atoms with Gasteiger partial charge in [-0.3, -0.25) is 0 Å². The van der Waals surface area contributed by atoms with Crippen molar-refractivity contribution in [2.75, 3.05) is 20.8 Å². The predicted molar refractivity (Wildman–Crippen MR) is 97.7 cm³/mol. The highest BCUT2D eigenvalue weighted by Gasteiger charge is 2.40. The second-order valence-electron chi connectivity index (χ2n) is 6.91. The maximum Gasteiger partial charge on any atom is 0.405 e. The summed E-state index contributed by atoms with van der Waals surface area (Å²) in [6.45, 7) is 4.37. The largest absolute Gasteiger partial charge is 0.497 e. The number of hydrogen-bond donors (Lipinski definition) is 1. The van der Waals surface area contributed by atoms with Crippen molar-refractivity contribution in [2.45, 2.75) is 20.0 Å². The molecular formula is C20H23NO5. The van der Waals surface area contributed by atoms with Gasteiger partial charge in [0.2, 0.25) is 0 Å². The third kappa shape index (κ3) is 3.27. The van der Waals surface area contributed by atoms with Crippen LogP contribution in [0.25, 0.3) is 11.1 Å². The zero-order chi connectivity index (χ0) is 18.9. The van der Waals surface area contributed by atoms with E-state index in [4.69, 9.17) is 24.7 Å². The van der Waals surface area contributed by atoms with Gasteiger partial charge in [-0.05, 0) is 23.8 Å². The van der Waals surface area contributed by atoms with E-state index >= 15 is 0 Å². The lowest BCUT2D eigenvalue weighted by molar-refractivity contribution is -0.0176. The summed E-state index contributed by atoms with van der Waals surface area (Å²) in [6, 6.07) is 11.4. The molecule has 0 bridgehead atoms. The Morgan fingerprint density at radius 1 is 1.15 bits per heavy atom. The minimum Gasteiger partial charge on any atom is -0.497 e. The molecule has 0 aliphatic carbocycles. The molecule has 2 N–H and O–H groups in total. The van der Waals surface area contributed by atoms with Crippen LogP contribution in [0.4, 0.5) is 4.79 Å². The SMILES string of the molecule is COc1ccc(-c2ccc3c(c2)OCC(C)(C)C3OC(N)=O)c(OC)c1. The molecule has 138 valence electrons. The number of primary amides is 1. The highest BCUT2D eigenvalue weighted by molar-refractivity contribution is 5.73. The number of carbonyl (C=O) groups is 1. The zero-order valence-electron chi connectivity index (χ0n) is 15.4. The van der Waals surface area contributed by atoms with Crippen molar-refractivity contribution in [1.29, 1.82) is 0 Å². The normalized spacial score (nSPS) is 17.6. The van der Waals surface area contributed by atoms with E-state index in [0.717, 1.165) is 22.4 Å². The van der Waals surface area contributed by atoms with E-state index in [2.05, 4.69) is 0 Å². The summed E-state index contributed by atoms with van der Waals surface area (Å²) in [5, 5.41) is 0.